The number of ketones is 2. The van der Waals surface area contributed by atoms with E-state index in [4.69, 9.17) is 9.47 Å². The van der Waals surface area contributed by atoms with Gasteiger partial charge in [0.25, 0.3) is 0 Å². The summed E-state index contributed by atoms with van der Waals surface area (Å²) in [6.45, 7) is 3.38. The molecular weight excluding hydrogens is 532 g/mol. The topological polar surface area (TPSA) is 127 Å². The van der Waals surface area contributed by atoms with Crippen LogP contribution in [-0.4, -0.2) is 66.7 Å². The Balaban J connectivity index is 1.30. The number of rotatable bonds is 5. The van der Waals surface area contributed by atoms with E-state index in [2.05, 4.69) is 6.92 Å². The van der Waals surface area contributed by atoms with Crippen LogP contribution in [0.4, 0.5) is 0 Å². The van der Waals surface area contributed by atoms with Crippen molar-refractivity contribution in [3.63, 3.8) is 0 Å². The summed E-state index contributed by atoms with van der Waals surface area (Å²) in [5.41, 5.74) is -1.07. The van der Waals surface area contributed by atoms with Crippen molar-refractivity contribution in [1.82, 2.24) is 0 Å². The second-order valence-corrected chi connectivity index (χ2v) is 15.3. The van der Waals surface area contributed by atoms with E-state index in [0.717, 1.165) is 31.3 Å². The summed E-state index contributed by atoms with van der Waals surface area (Å²) in [5.74, 6) is -1.69. The Morgan fingerprint density at radius 1 is 1.05 bits per heavy atom. The number of ether oxygens (including phenoxy) is 2. The van der Waals surface area contributed by atoms with Crippen molar-refractivity contribution in [3.8, 4) is 0 Å². The molecule has 40 heavy (non-hydrogen) atoms. The normalized spacial score (nSPS) is 43.1. The Labute approximate surface area is 236 Å². The molecule has 1 heterocycles. The maximum absolute atomic E-state index is 13.7. The first-order chi connectivity index (χ1) is 18.9. The zero-order valence-electron chi connectivity index (χ0n) is 23.3. The first kappa shape index (κ1) is 28.2. The highest BCUT2D eigenvalue weighted by atomic mass is 32.2. The number of sulfone groups is 1. The molecule has 1 aliphatic heterocycles. The lowest BCUT2D eigenvalue weighted by Gasteiger charge is -2.62. The van der Waals surface area contributed by atoms with Gasteiger partial charge in [-0.15, -0.1) is 0 Å². The smallest absolute Gasteiger partial charge is 0.194 e. The minimum atomic E-state index is -3.67. The van der Waals surface area contributed by atoms with Crippen molar-refractivity contribution in [1.29, 1.82) is 0 Å². The van der Waals surface area contributed by atoms with Crippen LogP contribution >= 0.6 is 0 Å². The molecule has 4 fully saturated rings. The number of carbonyl (C=O) groups excluding carboxylic acids is 2. The fourth-order valence-electron chi connectivity index (χ4n) is 9.33. The van der Waals surface area contributed by atoms with Gasteiger partial charge < -0.3 is 19.7 Å². The molecule has 2 N–H and O–H groups in total. The molecule has 9 heteroatoms. The molecule has 1 aromatic rings. The van der Waals surface area contributed by atoms with Crippen LogP contribution in [0.25, 0.3) is 0 Å². The number of hydrogen-bond donors (Lipinski definition) is 2. The maximum Gasteiger partial charge on any atom is 0.194 e. The highest BCUT2D eigenvalue weighted by Gasteiger charge is 2.71. The van der Waals surface area contributed by atoms with E-state index in [1.54, 1.807) is 24.3 Å². The summed E-state index contributed by atoms with van der Waals surface area (Å²) in [6, 6.07) is 8.13. The molecular formula is C31H40O8S. The average Bonchev–Trinajstić information content (AvgIpc) is 3.22. The summed E-state index contributed by atoms with van der Waals surface area (Å²) in [4.78, 5) is 26.1. The lowest BCUT2D eigenvalue weighted by Crippen LogP contribution is -2.68. The number of aliphatic hydroxyl groups excluding tert-OH is 2. The van der Waals surface area contributed by atoms with Gasteiger partial charge in [0.1, 0.15) is 12.2 Å². The molecule has 0 bridgehead atoms. The lowest BCUT2D eigenvalue weighted by atomic mass is 9.45. The quantitative estimate of drug-likeness (QED) is 0.550. The van der Waals surface area contributed by atoms with Crippen LogP contribution in [-0.2, 0) is 28.9 Å². The molecule has 8 atom stereocenters. The molecule has 1 aromatic carbocycles. The van der Waals surface area contributed by atoms with Crippen LogP contribution in [0.5, 0.6) is 0 Å². The van der Waals surface area contributed by atoms with Gasteiger partial charge in [-0.25, -0.2) is 8.42 Å². The summed E-state index contributed by atoms with van der Waals surface area (Å²) < 4.78 is 38.5. The maximum atomic E-state index is 13.7. The highest BCUT2D eigenvalue weighted by Crippen LogP contribution is 2.69. The van der Waals surface area contributed by atoms with Crippen LogP contribution < -0.4 is 0 Å². The van der Waals surface area contributed by atoms with Gasteiger partial charge in [0, 0.05) is 18.3 Å². The Bertz CT molecular complexity index is 1340. The Hall–Kier alpha value is -1.91. The Morgan fingerprint density at radius 3 is 2.52 bits per heavy atom. The van der Waals surface area contributed by atoms with E-state index in [9.17, 15) is 28.2 Å². The zero-order valence-corrected chi connectivity index (χ0v) is 24.1. The largest absolute Gasteiger partial charge is 0.393 e. The number of benzene rings is 1. The number of aliphatic hydroxyl groups is 2. The first-order valence-corrected chi connectivity index (χ1v) is 16.2. The number of fused-ring (bicyclic) bond motifs is 6. The molecule has 0 radical (unpaired) electrons. The van der Waals surface area contributed by atoms with E-state index in [1.807, 2.05) is 6.92 Å². The molecule has 3 saturated carbocycles. The third-order valence-corrected chi connectivity index (χ3v) is 13.1. The molecule has 1 saturated heterocycles. The zero-order chi connectivity index (χ0) is 28.6. The van der Waals surface area contributed by atoms with Crippen LogP contribution in [0.3, 0.4) is 0 Å². The van der Waals surface area contributed by atoms with Gasteiger partial charge in [-0.2, -0.15) is 0 Å². The minimum absolute atomic E-state index is 0.00221. The molecule has 218 valence electrons. The molecule has 1 spiro atoms. The molecule has 8 nitrogen and oxygen atoms in total. The lowest BCUT2D eigenvalue weighted by molar-refractivity contribution is -0.340. The summed E-state index contributed by atoms with van der Waals surface area (Å²) in [5, 5.41) is 22.3. The van der Waals surface area contributed by atoms with Crippen molar-refractivity contribution < 1.29 is 37.7 Å². The highest BCUT2D eigenvalue weighted by molar-refractivity contribution is 7.91. The average molecular weight is 573 g/mol. The Morgan fingerprint density at radius 2 is 1.80 bits per heavy atom. The molecule has 1 unspecified atom stereocenters. The summed E-state index contributed by atoms with van der Waals surface area (Å²) in [6.07, 6.45) is 5.44. The second kappa shape index (κ2) is 9.56. The summed E-state index contributed by atoms with van der Waals surface area (Å²) >= 11 is 0. The second-order valence-electron chi connectivity index (χ2n) is 13.2. The van der Waals surface area contributed by atoms with Gasteiger partial charge in [-0.3, -0.25) is 9.59 Å². The fraction of sp³-hybridized carbons (Fsp3) is 0.677. The Kier molecular flexibility index (Phi) is 6.74. The molecule has 0 aromatic heterocycles. The van der Waals surface area contributed by atoms with E-state index in [1.165, 1.54) is 12.1 Å². The van der Waals surface area contributed by atoms with E-state index in [0.29, 0.717) is 19.3 Å². The SMILES string of the molecule is C[C@]12CCC(=O)C=C1CC[C@@H]1[C@@H]2[C@@H](O)C[C@@]2(C)[C@H]1CC[C@@]21OC(CO)(CCS(=O)(=O)c2ccccc2)OCC1=O. The fourth-order valence-corrected chi connectivity index (χ4v) is 10.7. The molecule has 0 amide bonds. The van der Waals surface area contributed by atoms with Crippen molar-refractivity contribution >= 4 is 21.4 Å². The van der Waals surface area contributed by atoms with Crippen LogP contribution in [0.1, 0.15) is 65.2 Å². The predicted octanol–water partition coefficient (Wildman–Crippen LogP) is 3.40. The molecule has 5 aliphatic rings. The van der Waals surface area contributed by atoms with Gasteiger partial charge in [-0.05, 0) is 79.9 Å². The van der Waals surface area contributed by atoms with Crippen LogP contribution in [0, 0.1) is 28.6 Å². The van der Waals surface area contributed by atoms with E-state index < -0.39 is 39.4 Å². The van der Waals surface area contributed by atoms with Crippen molar-refractivity contribution in [2.75, 3.05) is 19.0 Å². The van der Waals surface area contributed by atoms with Gasteiger partial charge in [-0.1, -0.05) is 37.6 Å². The number of allylic oxidation sites excluding steroid dienone is 1. The van der Waals surface area contributed by atoms with Crippen LogP contribution in [0.15, 0.2) is 46.9 Å². The van der Waals surface area contributed by atoms with Crippen molar-refractivity contribution in [3.05, 3.63) is 42.0 Å². The number of hydrogen-bond acceptors (Lipinski definition) is 8. The first-order valence-electron chi connectivity index (χ1n) is 14.6. The third-order valence-electron chi connectivity index (χ3n) is 11.4. The standard InChI is InChI=1S/C31H40O8S/c1-28-12-10-21(33)16-20(28)8-9-23-24-11-13-31(29(24,2)17-25(34)27(23)28)26(35)18-38-30(19-32,39-31)14-15-40(36,37)22-6-4-3-5-7-22/h3-7,16,23-25,27,32,34H,8-15,17-19H2,1-2H3/t23-,24-,25-,27+,28-,29-,30?,31-/m0/s1. The molecule has 6 rings (SSSR count). The van der Waals surface area contributed by atoms with Crippen molar-refractivity contribution in [2.24, 2.45) is 28.6 Å². The van der Waals surface area contributed by atoms with Gasteiger partial charge in [0.2, 0.25) is 0 Å². The van der Waals surface area contributed by atoms with Crippen molar-refractivity contribution in [2.45, 2.75) is 87.6 Å². The monoisotopic (exact) mass is 572 g/mol. The number of carbonyl (C=O) groups is 2. The van der Waals surface area contributed by atoms with E-state index >= 15 is 0 Å². The van der Waals surface area contributed by atoms with Gasteiger partial charge in [0.15, 0.2) is 27.2 Å². The predicted molar refractivity (Wildman–Crippen MR) is 146 cm³/mol. The van der Waals surface area contributed by atoms with E-state index in [-0.39, 0.29) is 58.4 Å². The number of Topliss-reactive ketones (excluding diaryl/α,β-unsaturated/α-hetero) is 1. The third kappa shape index (κ3) is 4.02. The minimum Gasteiger partial charge on any atom is -0.393 e. The van der Waals surface area contributed by atoms with Crippen LogP contribution in [0.2, 0.25) is 0 Å². The summed E-state index contributed by atoms with van der Waals surface area (Å²) in [7, 11) is -3.67. The van der Waals surface area contributed by atoms with Gasteiger partial charge in [0.05, 0.1) is 23.4 Å². The molecule has 4 aliphatic carbocycles. The van der Waals surface area contributed by atoms with Gasteiger partial charge >= 0.3 is 0 Å².